The van der Waals surface area contributed by atoms with Gasteiger partial charge in [0.15, 0.2) is 4.60 Å². The zero-order valence-electron chi connectivity index (χ0n) is 9.96. The van der Waals surface area contributed by atoms with E-state index < -0.39 is 10.0 Å². The molecular formula is C9H15BrN4O2S. The number of aryl methyl sites for hydroxylation is 1. The van der Waals surface area contributed by atoms with E-state index in [9.17, 15) is 8.42 Å². The second kappa shape index (κ2) is 4.33. The van der Waals surface area contributed by atoms with Gasteiger partial charge < -0.3 is 0 Å². The van der Waals surface area contributed by atoms with Gasteiger partial charge in [-0.05, 0) is 34.2 Å². The molecule has 17 heavy (non-hydrogen) atoms. The molecule has 0 aromatic carbocycles. The standard InChI is InChI=1S/C9H15BrN4O2S/c1-6-4-7(6)5-13(2)17(15,16)9-8(10)11-12-14(9)3/h6-7H,4-5H2,1-3H3. The van der Waals surface area contributed by atoms with Crippen LogP contribution in [-0.2, 0) is 17.1 Å². The van der Waals surface area contributed by atoms with Gasteiger partial charge in [0.05, 0.1) is 0 Å². The number of rotatable bonds is 4. The molecular weight excluding hydrogens is 308 g/mol. The summed E-state index contributed by atoms with van der Waals surface area (Å²) in [5.41, 5.74) is 0. The highest BCUT2D eigenvalue weighted by molar-refractivity contribution is 9.10. The molecule has 0 radical (unpaired) electrons. The molecule has 1 fully saturated rings. The molecule has 0 amide bonds. The molecule has 96 valence electrons. The summed E-state index contributed by atoms with van der Waals surface area (Å²) < 4.78 is 27.5. The van der Waals surface area contributed by atoms with Crippen LogP contribution in [0.5, 0.6) is 0 Å². The van der Waals surface area contributed by atoms with Crippen LogP contribution >= 0.6 is 15.9 Å². The van der Waals surface area contributed by atoms with Crippen molar-refractivity contribution in [3.63, 3.8) is 0 Å². The highest BCUT2D eigenvalue weighted by Crippen LogP contribution is 2.38. The molecule has 0 spiro atoms. The van der Waals surface area contributed by atoms with Crippen LogP contribution < -0.4 is 0 Å². The highest BCUT2D eigenvalue weighted by Gasteiger charge is 2.37. The first-order chi connectivity index (χ1) is 7.84. The van der Waals surface area contributed by atoms with Gasteiger partial charge in [-0.25, -0.2) is 13.1 Å². The molecule has 0 saturated heterocycles. The topological polar surface area (TPSA) is 68.1 Å². The summed E-state index contributed by atoms with van der Waals surface area (Å²) in [6, 6.07) is 0. The van der Waals surface area contributed by atoms with E-state index in [0.29, 0.717) is 18.4 Å². The maximum atomic E-state index is 12.3. The van der Waals surface area contributed by atoms with E-state index in [1.807, 2.05) is 0 Å². The van der Waals surface area contributed by atoms with Gasteiger partial charge in [0.1, 0.15) is 0 Å². The number of nitrogens with zero attached hydrogens (tertiary/aromatic N) is 4. The molecule has 0 bridgehead atoms. The fourth-order valence-corrected chi connectivity index (χ4v) is 4.07. The van der Waals surface area contributed by atoms with E-state index in [2.05, 4.69) is 33.2 Å². The lowest BCUT2D eigenvalue weighted by Crippen LogP contribution is -2.31. The van der Waals surface area contributed by atoms with E-state index in [4.69, 9.17) is 0 Å². The number of hydrogen-bond acceptors (Lipinski definition) is 4. The Hall–Kier alpha value is -0.470. The van der Waals surface area contributed by atoms with Crippen LogP contribution in [-0.4, -0.2) is 41.3 Å². The second-order valence-corrected chi connectivity index (χ2v) is 7.28. The smallest absolute Gasteiger partial charge is 0.235 e. The first kappa shape index (κ1) is 13.0. The normalized spacial score (nSPS) is 24.3. The van der Waals surface area contributed by atoms with E-state index in [1.54, 1.807) is 14.1 Å². The average molecular weight is 323 g/mol. The minimum Gasteiger partial charge on any atom is -0.235 e. The van der Waals surface area contributed by atoms with Crippen molar-refractivity contribution in [1.29, 1.82) is 0 Å². The summed E-state index contributed by atoms with van der Waals surface area (Å²) in [4.78, 5) is 0. The van der Waals surface area contributed by atoms with Gasteiger partial charge in [-0.2, -0.15) is 4.31 Å². The van der Waals surface area contributed by atoms with Crippen LogP contribution in [0.4, 0.5) is 0 Å². The van der Waals surface area contributed by atoms with Crippen LogP contribution in [0.2, 0.25) is 0 Å². The summed E-state index contributed by atoms with van der Waals surface area (Å²) in [6.45, 7) is 2.69. The lowest BCUT2D eigenvalue weighted by molar-refractivity contribution is 0.437. The van der Waals surface area contributed by atoms with E-state index in [-0.39, 0.29) is 9.63 Å². The van der Waals surface area contributed by atoms with Crippen molar-refractivity contribution in [3.8, 4) is 0 Å². The molecule has 1 aromatic heterocycles. The van der Waals surface area contributed by atoms with Crippen LogP contribution in [0.15, 0.2) is 9.63 Å². The molecule has 1 aliphatic rings. The van der Waals surface area contributed by atoms with Crippen molar-refractivity contribution >= 4 is 26.0 Å². The summed E-state index contributed by atoms with van der Waals surface area (Å²) in [5.74, 6) is 1.11. The maximum Gasteiger partial charge on any atom is 0.262 e. The minimum absolute atomic E-state index is 0.105. The number of hydrogen-bond donors (Lipinski definition) is 0. The van der Waals surface area contributed by atoms with Gasteiger partial charge in [-0.15, -0.1) is 5.10 Å². The summed E-state index contributed by atoms with van der Waals surface area (Å²) in [7, 11) is -0.346. The Kier molecular flexibility index (Phi) is 3.30. The Morgan fingerprint density at radius 1 is 1.59 bits per heavy atom. The van der Waals surface area contributed by atoms with Crippen molar-refractivity contribution in [2.45, 2.75) is 18.4 Å². The molecule has 8 heteroatoms. The largest absolute Gasteiger partial charge is 0.262 e. The summed E-state index contributed by atoms with van der Waals surface area (Å²) in [6.07, 6.45) is 1.10. The monoisotopic (exact) mass is 322 g/mol. The van der Waals surface area contributed by atoms with Crippen molar-refractivity contribution in [2.24, 2.45) is 18.9 Å². The van der Waals surface area contributed by atoms with Crippen LogP contribution in [0.1, 0.15) is 13.3 Å². The third kappa shape index (κ3) is 2.38. The third-order valence-corrected chi connectivity index (χ3v) is 5.87. The predicted molar refractivity (Wildman–Crippen MR) is 65.8 cm³/mol. The van der Waals surface area contributed by atoms with Crippen LogP contribution in [0.25, 0.3) is 0 Å². The Morgan fingerprint density at radius 2 is 2.18 bits per heavy atom. The van der Waals surface area contributed by atoms with Crippen LogP contribution in [0, 0.1) is 11.8 Å². The Labute approximate surface area is 109 Å². The Morgan fingerprint density at radius 3 is 2.59 bits per heavy atom. The average Bonchev–Trinajstić information content (AvgIpc) is 2.79. The molecule has 0 aliphatic heterocycles. The molecule has 1 saturated carbocycles. The molecule has 6 nitrogen and oxygen atoms in total. The van der Waals surface area contributed by atoms with Gasteiger partial charge in [-0.1, -0.05) is 12.1 Å². The molecule has 1 aromatic rings. The fraction of sp³-hybridized carbons (Fsp3) is 0.778. The molecule has 2 atom stereocenters. The number of aromatic nitrogens is 3. The first-order valence-electron chi connectivity index (χ1n) is 5.35. The summed E-state index contributed by atoms with van der Waals surface area (Å²) >= 11 is 3.11. The lowest BCUT2D eigenvalue weighted by atomic mass is 10.3. The minimum atomic E-state index is -3.51. The molecule has 1 heterocycles. The number of halogens is 1. The molecule has 2 unspecified atom stereocenters. The molecule has 1 aliphatic carbocycles. The van der Waals surface area contributed by atoms with E-state index >= 15 is 0 Å². The van der Waals surface area contributed by atoms with Gasteiger partial charge in [-0.3, -0.25) is 0 Å². The van der Waals surface area contributed by atoms with E-state index in [1.165, 1.54) is 8.99 Å². The lowest BCUT2D eigenvalue weighted by Gasteiger charge is -2.16. The van der Waals surface area contributed by atoms with Crippen molar-refractivity contribution < 1.29 is 8.42 Å². The zero-order valence-corrected chi connectivity index (χ0v) is 12.4. The molecule has 2 rings (SSSR count). The SMILES string of the molecule is CC1CC1CN(C)S(=O)(=O)c1c(Br)nnn1C. The maximum absolute atomic E-state index is 12.3. The van der Waals surface area contributed by atoms with Crippen LogP contribution in [0.3, 0.4) is 0 Å². The van der Waals surface area contributed by atoms with Gasteiger partial charge in [0, 0.05) is 20.6 Å². The second-order valence-electron chi connectivity index (χ2n) is 4.57. The van der Waals surface area contributed by atoms with Crippen molar-refractivity contribution in [2.75, 3.05) is 13.6 Å². The first-order valence-corrected chi connectivity index (χ1v) is 7.59. The number of sulfonamides is 1. The quantitative estimate of drug-likeness (QED) is 0.824. The van der Waals surface area contributed by atoms with Gasteiger partial charge >= 0.3 is 0 Å². The van der Waals surface area contributed by atoms with Gasteiger partial charge in [0.25, 0.3) is 10.0 Å². The Bertz CT molecular complexity index is 508. The predicted octanol–water partition coefficient (Wildman–Crippen LogP) is 0.854. The van der Waals surface area contributed by atoms with E-state index in [0.717, 1.165) is 6.42 Å². The molecule has 0 N–H and O–H groups in total. The zero-order chi connectivity index (χ0) is 12.8. The summed E-state index contributed by atoms with van der Waals surface area (Å²) in [5, 5.41) is 7.49. The Balaban J connectivity index is 2.24. The third-order valence-electron chi connectivity index (χ3n) is 3.16. The van der Waals surface area contributed by atoms with Gasteiger partial charge in [0.2, 0.25) is 5.03 Å². The van der Waals surface area contributed by atoms with Crippen molar-refractivity contribution in [3.05, 3.63) is 4.60 Å². The van der Waals surface area contributed by atoms with Crippen molar-refractivity contribution in [1.82, 2.24) is 19.3 Å². The fourth-order valence-electron chi connectivity index (χ4n) is 1.83. The highest BCUT2D eigenvalue weighted by atomic mass is 79.9.